The van der Waals surface area contributed by atoms with Crippen LogP contribution >= 0.6 is 0 Å². The number of β-lactam (4-membered cyclic amide) rings is 1. The minimum absolute atomic E-state index is 0.0327. The van der Waals surface area contributed by atoms with Gasteiger partial charge in [-0.1, -0.05) is 91.5 Å². The second kappa shape index (κ2) is 9.78. The smallest absolute Gasteiger partial charge is 0.411 e. The third-order valence-corrected chi connectivity index (χ3v) is 16.0. The molecule has 2 amide bonds. The van der Waals surface area contributed by atoms with Gasteiger partial charge in [-0.2, -0.15) is 0 Å². The molecule has 2 heterocycles. The molecular formula is C26H44N2O4Si2. The van der Waals surface area contributed by atoms with Crippen LogP contribution in [0.4, 0.5) is 4.79 Å². The van der Waals surface area contributed by atoms with Crippen molar-refractivity contribution in [1.82, 2.24) is 9.47 Å². The first-order chi connectivity index (χ1) is 15.7. The van der Waals surface area contributed by atoms with Gasteiger partial charge in [-0.15, -0.1) is 0 Å². The molecule has 2 aliphatic rings. The maximum atomic E-state index is 13.7. The summed E-state index contributed by atoms with van der Waals surface area (Å²) in [5, 5.41) is 0. The lowest BCUT2D eigenvalue weighted by molar-refractivity contribution is -0.155. The summed E-state index contributed by atoms with van der Waals surface area (Å²) in [4.78, 5) is 28.3. The van der Waals surface area contributed by atoms with Crippen molar-refractivity contribution in [2.45, 2.75) is 109 Å². The average molecular weight is 505 g/mol. The number of amides is 2. The number of hydrogen-bond donors (Lipinski definition) is 0. The monoisotopic (exact) mass is 504 g/mol. The lowest BCUT2D eigenvalue weighted by atomic mass is 9.91. The molecule has 3 rings (SSSR count). The number of benzene rings is 1. The molecule has 0 saturated carbocycles. The molecule has 2 aliphatic heterocycles. The van der Waals surface area contributed by atoms with Crippen LogP contribution in [0, 0.1) is 0 Å². The third kappa shape index (κ3) is 4.49. The number of ether oxygens (including phenoxy) is 1. The van der Waals surface area contributed by atoms with E-state index in [9.17, 15) is 9.59 Å². The Kier molecular flexibility index (Phi) is 7.75. The Morgan fingerprint density at radius 2 is 1.44 bits per heavy atom. The SMILES string of the molecule is CC(C)[Si](O[C@@H](C)[C@H]1[C@H](N2C(=O)OC[C@@H]2c2ccccc2)C(=O)N1[Si](C)(C)C)(C(C)C)C(C)C. The zero-order valence-corrected chi connectivity index (χ0v) is 24.7. The van der Waals surface area contributed by atoms with Crippen LogP contribution in [0.1, 0.15) is 60.1 Å². The van der Waals surface area contributed by atoms with Crippen LogP contribution in [-0.2, 0) is 14.0 Å². The Labute approximate surface area is 208 Å². The van der Waals surface area contributed by atoms with Crippen LogP contribution in [0.15, 0.2) is 30.3 Å². The van der Waals surface area contributed by atoms with Crippen LogP contribution in [0.2, 0.25) is 36.3 Å². The standard InChI is InChI=1S/C26H44N2O4Si2/c1-17(2)34(18(3)4,19(5)6)32-20(7)23-24(25(29)28(23)33(8,9)10)27-22(16-31-26(27)30)21-14-12-11-13-15-21/h11-15,17-20,22-24H,16H2,1-10H3/t20-,22+,23-,24-/m0/s1. The van der Waals surface area contributed by atoms with E-state index in [4.69, 9.17) is 9.16 Å². The van der Waals surface area contributed by atoms with E-state index in [1.165, 1.54) is 0 Å². The summed E-state index contributed by atoms with van der Waals surface area (Å²) in [6.45, 7) is 22.6. The second-order valence-corrected chi connectivity index (χ2v) is 22.1. The lowest BCUT2D eigenvalue weighted by Gasteiger charge is -2.59. The molecular weight excluding hydrogens is 460 g/mol. The zero-order chi connectivity index (χ0) is 25.6. The molecule has 0 spiro atoms. The van der Waals surface area contributed by atoms with Crippen molar-refractivity contribution in [2.24, 2.45) is 0 Å². The molecule has 0 bridgehead atoms. The Bertz CT molecular complexity index is 863. The highest BCUT2D eigenvalue weighted by Crippen LogP contribution is 2.46. The largest absolute Gasteiger partial charge is 0.447 e. The molecule has 0 radical (unpaired) electrons. The van der Waals surface area contributed by atoms with Gasteiger partial charge in [0, 0.05) is 0 Å². The van der Waals surface area contributed by atoms with E-state index in [2.05, 4.69) is 72.7 Å². The molecule has 8 heteroatoms. The summed E-state index contributed by atoms with van der Waals surface area (Å²) in [6, 6.07) is 8.90. The molecule has 0 aromatic heterocycles. The van der Waals surface area contributed by atoms with Gasteiger partial charge in [-0.3, -0.25) is 9.69 Å². The van der Waals surface area contributed by atoms with Gasteiger partial charge in [0.2, 0.25) is 14.2 Å². The normalized spacial score (nSPS) is 24.8. The summed E-state index contributed by atoms with van der Waals surface area (Å²) in [5.41, 5.74) is 2.32. The third-order valence-electron chi connectivity index (χ3n) is 7.81. The lowest BCUT2D eigenvalue weighted by Crippen LogP contribution is -2.79. The maximum absolute atomic E-state index is 13.7. The minimum Gasteiger partial charge on any atom is -0.447 e. The maximum Gasteiger partial charge on any atom is 0.411 e. The van der Waals surface area contributed by atoms with Crippen LogP contribution in [0.5, 0.6) is 0 Å². The van der Waals surface area contributed by atoms with Gasteiger partial charge in [0.05, 0.1) is 18.2 Å². The molecule has 6 nitrogen and oxygen atoms in total. The van der Waals surface area contributed by atoms with Crippen molar-refractivity contribution in [3.8, 4) is 0 Å². The van der Waals surface area contributed by atoms with Gasteiger partial charge < -0.3 is 13.7 Å². The van der Waals surface area contributed by atoms with Crippen molar-refractivity contribution in [2.75, 3.05) is 6.61 Å². The van der Waals surface area contributed by atoms with Crippen LogP contribution < -0.4 is 0 Å². The number of carbonyl (C=O) groups is 2. The minimum atomic E-state index is -2.17. The van der Waals surface area contributed by atoms with E-state index >= 15 is 0 Å². The van der Waals surface area contributed by atoms with Gasteiger partial charge in [-0.25, -0.2) is 4.79 Å². The summed E-state index contributed by atoms with van der Waals surface area (Å²) < 4.78 is 14.7. The van der Waals surface area contributed by atoms with E-state index < -0.39 is 28.7 Å². The van der Waals surface area contributed by atoms with Crippen LogP contribution in [0.3, 0.4) is 0 Å². The Hall–Kier alpha value is -1.65. The molecule has 1 aromatic rings. The number of rotatable bonds is 9. The first-order valence-corrected chi connectivity index (χ1v) is 18.3. The molecule has 0 aliphatic carbocycles. The number of hydrogen-bond acceptors (Lipinski definition) is 4. The Balaban J connectivity index is 2.01. The molecule has 4 atom stereocenters. The van der Waals surface area contributed by atoms with E-state index in [-0.39, 0.29) is 30.7 Å². The Morgan fingerprint density at radius 1 is 0.912 bits per heavy atom. The predicted octanol–water partition coefficient (Wildman–Crippen LogP) is 6.17. The quantitative estimate of drug-likeness (QED) is 0.298. The van der Waals surface area contributed by atoms with Crippen molar-refractivity contribution in [1.29, 1.82) is 0 Å². The van der Waals surface area contributed by atoms with Crippen LogP contribution in [-0.4, -0.2) is 62.8 Å². The first-order valence-electron chi connectivity index (χ1n) is 12.8. The zero-order valence-electron chi connectivity index (χ0n) is 22.7. The van der Waals surface area contributed by atoms with E-state index in [0.29, 0.717) is 16.6 Å². The topological polar surface area (TPSA) is 59.1 Å². The fourth-order valence-electron chi connectivity index (χ4n) is 6.49. The van der Waals surface area contributed by atoms with Crippen molar-refractivity contribution in [3.63, 3.8) is 0 Å². The molecule has 190 valence electrons. The average Bonchev–Trinajstić information content (AvgIpc) is 3.09. The number of nitrogens with zero attached hydrogens (tertiary/aromatic N) is 2. The second-order valence-electron chi connectivity index (χ2n) is 11.9. The first kappa shape index (κ1) is 26.9. The van der Waals surface area contributed by atoms with Crippen molar-refractivity contribution >= 4 is 28.6 Å². The number of cyclic esters (lactones) is 1. The van der Waals surface area contributed by atoms with Gasteiger partial charge in [-0.05, 0) is 29.1 Å². The molecule has 2 fully saturated rings. The Morgan fingerprint density at radius 3 is 1.91 bits per heavy atom. The molecule has 0 unspecified atom stereocenters. The summed E-state index contributed by atoms with van der Waals surface area (Å²) in [5.74, 6) is 0.0327. The van der Waals surface area contributed by atoms with Gasteiger partial charge in [0.1, 0.15) is 12.6 Å². The summed E-state index contributed by atoms with van der Waals surface area (Å²) >= 11 is 0. The van der Waals surface area contributed by atoms with Crippen LogP contribution in [0.25, 0.3) is 0 Å². The number of carbonyl (C=O) groups excluding carboxylic acids is 2. The van der Waals surface area contributed by atoms with E-state index in [1.807, 2.05) is 30.3 Å². The highest BCUT2D eigenvalue weighted by Gasteiger charge is 2.61. The van der Waals surface area contributed by atoms with E-state index in [1.54, 1.807) is 4.90 Å². The molecule has 2 saturated heterocycles. The predicted molar refractivity (Wildman–Crippen MR) is 142 cm³/mol. The summed E-state index contributed by atoms with van der Waals surface area (Å²) in [6.07, 6.45) is -0.571. The van der Waals surface area contributed by atoms with E-state index in [0.717, 1.165) is 5.56 Å². The van der Waals surface area contributed by atoms with Gasteiger partial charge in [0.25, 0.3) is 0 Å². The van der Waals surface area contributed by atoms with Gasteiger partial charge >= 0.3 is 6.09 Å². The fraction of sp³-hybridized carbons (Fsp3) is 0.692. The molecule has 0 N–H and O–H groups in total. The van der Waals surface area contributed by atoms with Crippen molar-refractivity contribution < 1.29 is 18.8 Å². The highest BCUT2D eigenvalue weighted by atomic mass is 28.4. The summed E-state index contributed by atoms with van der Waals surface area (Å²) in [7, 11) is -4.17. The fourth-order valence-corrected chi connectivity index (χ4v) is 14.1. The van der Waals surface area contributed by atoms with Crippen molar-refractivity contribution in [3.05, 3.63) is 35.9 Å². The molecule has 1 aromatic carbocycles. The van der Waals surface area contributed by atoms with Gasteiger partial charge in [0.15, 0.2) is 8.24 Å². The molecule has 34 heavy (non-hydrogen) atoms. The highest BCUT2D eigenvalue weighted by molar-refractivity contribution is 6.78.